The van der Waals surface area contributed by atoms with Gasteiger partial charge in [-0.1, -0.05) is 34.6 Å². The number of hydrogen-bond donors (Lipinski definition) is 0. The molecule has 0 N–H and O–H groups in total. The molecule has 10 heavy (non-hydrogen) atoms. The summed E-state index contributed by atoms with van der Waals surface area (Å²) in [5.74, 6) is 0. The molecular weight excluding hydrogens is 127 g/mol. The lowest BCUT2D eigenvalue weighted by Crippen LogP contribution is -2.18. The van der Waals surface area contributed by atoms with Crippen LogP contribution in [0, 0.1) is 0 Å². The molecule has 0 aromatic heterocycles. The van der Waals surface area contributed by atoms with Crippen LogP contribution in [0.4, 0.5) is 4.39 Å². The molecule has 0 aliphatic heterocycles. The van der Waals surface area contributed by atoms with E-state index in [1.165, 1.54) is 0 Å². The molecule has 0 rings (SSSR count). The van der Waals surface area contributed by atoms with E-state index in [0.717, 1.165) is 0 Å². The van der Waals surface area contributed by atoms with Crippen molar-refractivity contribution in [3.8, 4) is 0 Å². The number of halogens is 1. The first kappa shape index (κ1) is 12.6. The Kier molecular flexibility index (Phi) is 8.87. The van der Waals surface area contributed by atoms with Gasteiger partial charge in [-0.2, -0.15) is 0 Å². The van der Waals surface area contributed by atoms with Crippen LogP contribution < -0.4 is 0 Å². The molecule has 0 heterocycles. The maximum absolute atomic E-state index is 13.0. The molecule has 0 radical (unpaired) electrons. The van der Waals surface area contributed by atoms with E-state index in [2.05, 4.69) is 0 Å². The van der Waals surface area contributed by atoms with Gasteiger partial charge in [0, 0.05) is 0 Å². The molecule has 0 saturated carbocycles. The average molecular weight is 148 g/mol. The molecule has 0 fully saturated rings. The van der Waals surface area contributed by atoms with Crippen molar-refractivity contribution in [3.05, 3.63) is 0 Å². The largest absolute Gasteiger partial charge is 0.244 e. The highest BCUT2D eigenvalue weighted by atomic mass is 19.1. The number of alkyl halides is 1. The summed E-state index contributed by atoms with van der Waals surface area (Å²) in [5, 5.41) is 0. The highest BCUT2D eigenvalue weighted by Gasteiger charge is 2.21. The van der Waals surface area contributed by atoms with Gasteiger partial charge < -0.3 is 0 Å². The van der Waals surface area contributed by atoms with Gasteiger partial charge in [0.05, 0.1) is 0 Å². The van der Waals surface area contributed by atoms with Crippen molar-refractivity contribution in [1.29, 1.82) is 0 Å². The minimum absolute atomic E-state index is 0.653. The van der Waals surface area contributed by atoms with E-state index >= 15 is 0 Å². The molecule has 0 spiro atoms. The van der Waals surface area contributed by atoms with Gasteiger partial charge in [-0.25, -0.2) is 4.39 Å². The van der Waals surface area contributed by atoms with Crippen molar-refractivity contribution in [1.82, 2.24) is 0 Å². The fourth-order valence-corrected chi connectivity index (χ4v) is 0.750. The maximum atomic E-state index is 13.0. The van der Waals surface area contributed by atoms with Crippen molar-refractivity contribution < 1.29 is 4.39 Å². The Morgan fingerprint density at radius 1 is 0.900 bits per heavy atom. The van der Waals surface area contributed by atoms with Crippen LogP contribution in [0.15, 0.2) is 0 Å². The van der Waals surface area contributed by atoms with Crippen LogP contribution in [0.25, 0.3) is 0 Å². The number of rotatable bonds is 3. The molecular formula is C9H21F. The molecule has 0 atom stereocenters. The van der Waals surface area contributed by atoms with Crippen molar-refractivity contribution in [3.63, 3.8) is 0 Å². The maximum Gasteiger partial charge on any atom is 0.110 e. The third-order valence-electron chi connectivity index (χ3n) is 1.90. The van der Waals surface area contributed by atoms with E-state index in [1.54, 1.807) is 0 Å². The summed E-state index contributed by atoms with van der Waals surface area (Å²) >= 11 is 0. The Bertz CT molecular complexity index is 47.5. The van der Waals surface area contributed by atoms with Gasteiger partial charge in [-0.3, -0.25) is 0 Å². The van der Waals surface area contributed by atoms with Crippen molar-refractivity contribution in [2.75, 3.05) is 0 Å². The molecule has 0 aromatic carbocycles. The lowest BCUT2D eigenvalue weighted by atomic mass is 9.97. The SMILES string of the molecule is CC.CCC(F)(CC)CC. The zero-order chi connectivity index (χ0) is 8.62. The van der Waals surface area contributed by atoms with Crippen LogP contribution in [0.5, 0.6) is 0 Å². The fourth-order valence-electron chi connectivity index (χ4n) is 0.750. The third-order valence-corrected chi connectivity index (χ3v) is 1.90. The lowest BCUT2D eigenvalue weighted by molar-refractivity contribution is 0.145. The molecule has 0 unspecified atom stereocenters. The van der Waals surface area contributed by atoms with Crippen LogP contribution in [0.3, 0.4) is 0 Å². The van der Waals surface area contributed by atoms with Gasteiger partial charge in [0.2, 0.25) is 0 Å². The second-order valence-corrected chi connectivity index (χ2v) is 2.21. The monoisotopic (exact) mass is 148 g/mol. The Morgan fingerprint density at radius 3 is 1.10 bits per heavy atom. The Labute approximate surface area is 64.8 Å². The standard InChI is InChI=1S/C7H15F.C2H6/c1-4-7(8,5-2)6-3;1-2/h4-6H2,1-3H3;1-2H3. The van der Waals surface area contributed by atoms with E-state index < -0.39 is 5.67 Å². The summed E-state index contributed by atoms with van der Waals surface area (Å²) < 4.78 is 13.0. The van der Waals surface area contributed by atoms with Crippen LogP contribution in [-0.4, -0.2) is 5.67 Å². The second kappa shape index (κ2) is 7.04. The molecule has 0 aliphatic rings. The van der Waals surface area contributed by atoms with E-state index in [1.807, 2.05) is 34.6 Å². The first-order valence-electron chi connectivity index (χ1n) is 4.37. The predicted molar refractivity (Wildman–Crippen MR) is 46.1 cm³/mol. The summed E-state index contributed by atoms with van der Waals surface area (Å²) in [6.45, 7) is 9.69. The van der Waals surface area contributed by atoms with E-state index in [9.17, 15) is 4.39 Å². The van der Waals surface area contributed by atoms with Crippen molar-refractivity contribution >= 4 is 0 Å². The summed E-state index contributed by atoms with van der Waals surface area (Å²) in [5.41, 5.74) is -0.875. The molecule has 0 aliphatic carbocycles. The van der Waals surface area contributed by atoms with Crippen molar-refractivity contribution in [2.24, 2.45) is 0 Å². The molecule has 64 valence electrons. The molecule has 0 amide bonds. The zero-order valence-corrected chi connectivity index (χ0v) is 8.00. The van der Waals surface area contributed by atoms with Gasteiger partial charge in [0.1, 0.15) is 5.67 Å². The quantitative estimate of drug-likeness (QED) is 0.568. The van der Waals surface area contributed by atoms with Crippen LogP contribution in [0.2, 0.25) is 0 Å². The third kappa shape index (κ3) is 4.78. The average Bonchev–Trinajstić information content (AvgIpc) is 2.07. The molecule has 1 heteroatoms. The van der Waals surface area contributed by atoms with Crippen LogP contribution in [-0.2, 0) is 0 Å². The number of hydrogen-bond acceptors (Lipinski definition) is 0. The second-order valence-electron chi connectivity index (χ2n) is 2.21. The van der Waals surface area contributed by atoms with Gasteiger partial charge >= 0.3 is 0 Å². The van der Waals surface area contributed by atoms with Gasteiger partial charge in [0.25, 0.3) is 0 Å². The summed E-state index contributed by atoms with van der Waals surface area (Å²) in [6, 6.07) is 0. The summed E-state index contributed by atoms with van der Waals surface area (Å²) in [7, 11) is 0. The Balaban J connectivity index is 0. The minimum atomic E-state index is -0.875. The molecule has 0 nitrogen and oxygen atoms in total. The van der Waals surface area contributed by atoms with Crippen LogP contribution >= 0.6 is 0 Å². The summed E-state index contributed by atoms with van der Waals surface area (Å²) in [6.07, 6.45) is 1.96. The van der Waals surface area contributed by atoms with E-state index in [4.69, 9.17) is 0 Å². The molecule has 0 aromatic rings. The Morgan fingerprint density at radius 2 is 1.10 bits per heavy atom. The van der Waals surface area contributed by atoms with Gasteiger partial charge in [-0.15, -0.1) is 0 Å². The zero-order valence-electron chi connectivity index (χ0n) is 8.00. The minimum Gasteiger partial charge on any atom is -0.244 e. The molecule has 0 bridgehead atoms. The van der Waals surface area contributed by atoms with E-state index in [-0.39, 0.29) is 0 Å². The predicted octanol–water partition coefficient (Wildman–Crippen LogP) is 3.95. The highest BCUT2D eigenvalue weighted by molar-refractivity contribution is 4.72. The fraction of sp³-hybridized carbons (Fsp3) is 1.00. The first-order chi connectivity index (χ1) is 4.68. The first-order valence-corrected chi connectivity index (χ1v) is 4.37. The smallest absolute Gasteiger partial charge is 0.110 e. The highest BCUT2D eigenvalue weighted by Crippen LogP contribution is 2.23. The lowest BCUT2D eigenvalue weighted by Gasteiger charge is -2.18. The summed E-state index contributed by atoms with van der Waals surface area (Å²) in [4.78, 5) is 0. The van der Waals surface area contributed by atoms with E-state index in [0.29, 0.717) is 19.3 Å². The molecule has 0 saturated heterocycles. The Hall–Kier alpha value is -0.0700. The van der Waals surface area contributed by atoms with Crippen molar-refractivity contribution in [2.45, 2.75) is 59.5 Å². The van der Waals surface area contributed by atoms with Gasteiger partial charge in [0.15, 0.2) is 0 Å². The normalized spacial score (nSPS) is 10.2. The topological polar surface area (TPSA) is 0 Å². The van der Waals surface area contributed by atoms with Gasteiger partial charge in [-0.05, 0) is 19.3 Å². The van der Waals surface area contributed by atoms with Crippen LogP contribution in [0.1, 0.15) is 53.9 Å².